The van der Waals surface area contributed by atoms with E-state index in [0.717, 1.165) is 6.42 Å². The number of carbonyl (C=O) groups excluding carboxylic acids is 2. The lowest BCUT2D eigenvalue weighted by Gasteiger charge is -2.26. The number of hydrogen-bond donors (Lipinski definition) is 1. The second-order valence-corrected chi connectivity index (χ2v) is 6.40. The van der Waals surface area contributed by atoms with Crippen LogP contribution >= 0.6 is 27.0 Å². The van der Waals surface area contributed by atoms with Crippen LogP contribution in [0.5, 0.6) is 0 Å². The topological polar surface area (TPSA) is 60.2 Å². The lowest BCUT2D eigenvalue weighted by atomic mass is 9.77. The van der Waals surface area contributed by atoms with Crippen LogP contribution in [0.1, 0.15) is 54.4 Å². The molecule has 0 unspecified atom stereocenters. The molecule has 0 radical (unpaired) electrons. The first-order valence-electron chi connectivity index (χ1n) is 6.38. The quantitative estimate of drug-likeness (QED) is 0.820. The summed E-state index contributed by atoms with van der Waals surface area (Å²) in [7, 11) is 0. The minimum absolute atomic E-state index is 0. The van der Waals surface area contributed by atoms with Crippen molar-refractivity contribution in [1.29, 1.82) is 0 Å². The first-order valence-corrected chi connectivity index (χ1v) is 6.38. The summed E-state index contributed by atoms with van der Waals surface area (Å²) < 4.78 is 0. The van der Waals surface area contributed by atoms with Crippen molar-refractivity contribution in [2.24, 2.45) is 23.0 Å². The minimum Gasteiger partial charge on any atom is -0.322 e. The number of carbonyl (C=O) groups is 2. The van der Waals surface area contributed by atoms with Crippen LogP contribution in [0.4, 0.5) is 0 Å². The average Bonchev–Trinajstić information content (AvgIpc) is 2.13. The van der Waals surface area contributed by atoms with Gasteiger partial charge in [-0.3, -0.25) is 9.59 Å². The van der Waals surface area contributed by atoms with Crippen molar-refractivity contribution in [3.63, 3.8) is 0 Å². The molecule has 0 saturated carbocycles. The van der Waals surface area contributed by atoms with E-state index in [2.05, 4.69) is 13.8 Å². The zero-order valence-corrected chi connectivity index (χ0v) is 15.0. The Labute approximate surface area is 132 Å². The molecule has 0 aliphatic carbocycles. The SMILES string of the molecule is CC(C)C[C@H](CC(=O)[C@H](C)N)C(=O)C(C)(C)C.S.S. The molecule has 0 fully saturated rings. The van der Waals surface area contributed by atoms with Gasteiger partial charge in [0.15, 0.2) is 0 Å². The zero-order chi connectivity index (χ0) is 13.8. The smallest absolute Gasteiger partial charge is 0.149 e. The van der Waals surface area contributed by atoms with E-state index in [0.29, 0.717) is 5.92 Å². The Morgan fingerprint density at radius 1 is 1.05 bits per heavy atom. The van der Waals surface area contributed by atoms with Crippen LogP contribution in [-0.2, 0) is 9.59 Å². The number of ketones is 2. The third-order valence-corrected chi connectivity index (χ3v) is 2.82. The van der Waals surface area contributed by atoms with Gasteiger partial charge < -0.3 is 5.73 Å². The first kappa shape index (κ1) is 24.0. The number of Topliss-reactive ketones (excluding diaryl/α,β-unsaturated/α-hetero) is 2. The Hall–Kier alpha value is 0. The van der Waals surface area contributed by atoms with Gasteiger partial charge >= 0.3 is 0 Å². The molecule has 0 aromatic carbocycles. The van der Waals surface area contributed by atoms with Crippen LogP contribution in [0, 0.1) is 17.3 Å². The van der Waals surface area contributed by atoms with Gasteiger partial charge in [0.1, 0.15) is 11.6 Å². The highest BCUT2D eigenvalue weighted by atomic mass is 32.1. The normalized spacial score (nSPS) is 14.1. The number of nitrogens with two attached hydrogens (primary N) is 1. The molecule has 0 rings (SSSR count). The van der Waals surface area contributed by atoms with E-state index in [4.69, 9.17) is 5.73 Å². The maximum Gasteiger partial charge on any atom is 0.149 e. The number of rotatable bonds is 6. The standard InChI is InChI=1S/C14H27NO2.2H2S/c1-9(2)7-11(8-12(16)10(3)15)13(17)14(4,5)6;;/h9-11H,7-8,15H2,1-6H3;2*1H2/t10-,11+;;/m0../s1. The molecule has 0 amide bonds. The van der Waals surface area contributed by atoms with Crippen molar-refractivity contribution in [3.8, 4) is 0 Å². The van der Waals surface area contributed by atoms with Crippen LogP contribution in [0.2, 0.25) is 0 Å². The van der Waals surface area contributed by atoms with E-state index in [1.807, 2.05) is 20.8 Å². The van der Waals surface area contributed by atoms with Gasteiger partial charge in [0.2, 0.25) is 0 Å². The molecule has 2 atom stereocenters. The summed E-state index contributed by atoms with van der Waals surface area (Å²) in [4.78, 5) is 24.0. The van der Waals surface area contributed by atoms with E-state index >= 15 is 0 Å². The van der Waals surface area contributed by atoms with E-state index in [9.17, 15) is 9.59 Å². The Morgan fingerprint density at radius 3 is 1.74 bits per heavy atom. The van der Waals surface area contributed by atoms with Gasteiger partial charge in [-0.25, -0.2) is 0 Å². The Morgan fingerprint density at radius 2 is 1.47 bits per heavy atom. The van der Waals surface area contributed by atoms with Crippen molar-refractivity contribution >= 4 is 38.6 Å². The van der Waals surface area contributed by atoms with Gasteiger partial charge in [-0.15, -0.1) is 0 Å². The van der Waals surface area contributed by atoms with Crippen molar-refractivity contribution in [2.45, 2.75) is 60.4 Å². The molecule has 0 aromatic rings. The summed E-state index contributed by atoms with van der Waals surface area (Å²) in [5, 5.41) is 0. The molecule has 5 heteroatoms. The molecule has 0 saturated heterocycles. The van der Waals surface area contributed by atoms with E-state index in [1.54, 1.807) is 6.92 Å². The summed E-state index contributed by atoms with van der Waals surface area (Å²) in [6, 6.07) is -0.475. The molecule has 19 heavy (non-hydrogen) atoms. The minimum atomic E-state index is -0.475. The van der Waals surface area contributed by atoms with E-state index in [-0.39, 0.29) is 50.9 Å². The zero-order valence-electron chi connectivity index (χ0n) is 13.0. The fourth-order valence-corrected chi connectivity index (χ4v) is 1.89. The molecule has 0 bridgehead atoms. The van der Waals surface area contributed by atoms with E-state index < -0.39 is 11.5 Å². The lowest BCUT2D eigenvalue weighted by Crippen LogP contribution is -2.35. The maximum absolute atomic E-state index is 12.3. The van der Waals surface area contributed by atoms with Crippen LogP contribution in [0.3, 0.4) is 0 Å². The molecule has 116 valence electrons. The highest BCUT2D eigenvalue weighted by Gasteiger charge is 2.31. The summed E-state index contributed by atoms with van der Waals surface area (Å²) in [5.41, 5.74) is 5.17. The lowest BCUT2D eigenvalue weighted by molar-refractivity contribution is -0.134. The van der Waals surface area contributed by atoms with Gasteiger partial charge in [0.25, 0.3) is 0 Å². The van der Waals surface area contributed by atoms with Crippen molar-refractivity contribution in [3.05, 3.63) is 0 Å². The van der Waals surface area contributed by atoms with Crippen molar-refractivity contribution in [2.75, 3.05) is 0 Å². The largest absolute Gasteiger partial charge is 0.322 e. The van der Waals surface area contributed by atoms with Gasteiger partial charge in [-0.2, -0.15) is 27.0 Å². The summed E-state index contributed by atoms with van der Waals surface area (Å²) in [6.07, 6.45) is 1.04. The highest BCUT2D eigenvalue weighted by Crippen LogP contribution is 2.27. The van der Waals surface area contributed by atoms with Gasteiger partial charge in [0.05, 0.1) is 6.04 Å². The summed E-state index contributed by atoms with van der Waals surface area (Å²) >= 11 is 0. The molecular weight excluding hydrogens is 278 g/mol. The predicted octanol–water partition coefficient (Wildman–Crippen LogP) is 2.80. The Bertz CT molecular complexity index is 284. The fraction of sp³-hybridized carbons (Fsp3) is 0.857. The monoisotopic (exact) mass is 309 g/mol. The molecule has 0 aliphatic heterocycles. The fourth-order valence-electron chi connectivity index (χ4n) is 1.89. The van der Waals surface area contributed by atoms with Gasteiger partial charge in [-0.05, 0) is 19.3 Å². The summed E-state index contributed by atoms with van der Waals surface area (Å²) in [5.74, 6) is 0.370. The molecule has 3 nitrogen and oxygen atoms in total. The second-order valence-electron chi connectivity index (χ2n) is 6.40. The second kappa shape index (κ2) is 9.83. The van der Waals surface area contributed by atoms with Crippen LogP contribution < -0.4 is 5.73 Å². The molecule has 0 aliphatic rings. The van der Waals surface area contributed by atoms with E-state index in [1.165, 1.54) is 0 Å². The maximum atomic E-state index is 12.3. The molecule has 2 N–H and O–H groups in total. The van der Waals surface area contributed by atoms with Crippen LogP contribution in [-0.4, -0.2) is 17.6 Å². The molecule has 0 spiro atoms. The van der Waals surface area contributed by atoms with Crippen LogP contribution in [0.25, 0.3) is 0 Å². The highest BCUT2D eigenvalue weighted by molar-refractivity contribution is 7.59. The van der Waals surface area contributed by atoms with Crippen molar-refractivity contribution < 1.29 is 9.59 Å². The third-order valence-electron chi connectivity index (χ3n) is 2.82. The van der Waals surface area contributed by atoms with Crippen LogP contribution in [0.15, 0.2) is 0 Å². The first-order chi connectivity index (χ1) is 7.55. The third kappa shape index (κ3) is 9.52. The summed E-state index contributed by atoms with van der Waals surface area (Å²) in [6.45, 7) is 11.5. The predicted molar refractivity (Wildman–Crippen MR) is 91.4 cm³/mol. The average molecular weight is 310 g/mol. The Balaban J connectivity index is -0.00000128. The van der Waals surface area contributed by atoms with Gasteiger partial charge in [0, 0.05) is 17.8 Å². The molecular formula is C14H31NO2S2. The van der Waals surface area contributed by atoms with Crippen molar-refractivity contribution in [1.82, 2.24) is 0 Å². The molecule has 0 aromatic heterocycles. The van der Waals surface area contributed by atoms with Gasteiger partial charge in [-0.1, -0.05) is 34.6 Å². The Kier molecular flexibility index (Phi) is 12.4. The molecule has 0 heterocycles. The number of hydrogen-bond acceptors (Lipinski definition) is 3.